The second-order valence-electron chi connectivity index (χ2n) is 4.34. The van der Waals surface area contributed by atoms with Gasteiger partial charge in [0.2, 0.25) is 0 Å². The van der Waals surface area contributed by atoms with Crippen LogP contribution in [0.2, 0.25) is 0 Å². The monoisotopic (exact) mass is 204 g/mol. The first-order chi connectivity index (χ1) is 6.29. The Bertz CT molecular complexity index is 189. The van der Waals surface area contributed by atoms with Crippen LogP contribution < -0.4 is 5.73 Å². The summed E-state index contributed by atoms with van der Waals surface area (Å²) in [4.78, 5) is 12.2. The van der Waals surface area contributed by atoms with Gasteiger partial charge in [-0.15, -0.1) is 0 Å². The van der Waals surface area contributed by atoms with E-state index in [4.69, 9.17) is 15.9 Å². The van der Waals surface area contributed by atoms with Gasteiger partial charge in [0.15, 0.2) is 0 Å². The predicted octanol–water partition coefficient (Wildman–Crippen LogP) is 0.475. The summed E-state index contributed by atoms with van der Waals surface area (Å²) in [5.41, 5.74) is 5.07. The Balaban J connectivity index is 4.19. The van der Waals surface area contributed by atoms with E-state index in [0.717, 1.165) is 0 Å². The van der Waals surface area contributed by atoms with Crippen molar-refractivity contribution in [3.63, 3.8) is 0 Å². The highest BCUT2D eigenvalue weighted by molar-refractivity contribution is 5.65. The molecule has 0 aliphatic carbocycles. The van der Waals surface area contributed by atoms with Gasteiger partial charge in [-0.1, -0.05) is 0 Å². The average molecular weight is 204 g/mol. The lowest BCUT2D eigenvalue weighted by molar-refractivity contribution is 0.0961. The van der Waals surface area contributed by atoms with Crippen LogP contribution in [0.3, 0.4) is 0 Å². The van der Waals surface area contributed by atoms with Crippen LogP contribution in [0, 0.1) is 0 Å². The minimum absolute atomic E-state index is 0.113. The quantitative estimate of drug-likeness (QED) is 0.621. The summed E-state index contributed by atoms with van der Waals surface area (Å²) in [6.07, 6.45) is -0.484. The van der Waals surface area contributed by atoms with E-state index < -0.39 is 11.6 Å². The van der Waals surface area contributed by atoms with Crippen molar-refractivity contribution in [2.24, 2.45) is 5.73 Å². The molecule has 0 bridgehead atoms. The van der Waals surface area contributed by atoms with Gasteiger partial charge in [-0.3, -0.25) is 0 Å². The highest BCUT2D eigenvalue weighted by Crippen LogP contribution is 2.13. The molecule has 5 nitrogen and oxygen atoms in total. The van der Waals surface area contributed by atoms with Crippen molar-refractivity contribution in [2.75, 3.05) is 13.2 Å². The molecule has 0 aromatic heterocycles. The molecule has 0 radical (unpaired) electrons. The Morgan fingerprint density at radius 3 is 2.29 bits per heavy atom. The Kier molecular flexibility index (Phi) is 4.87. The van der Waals surface area contributed by atoms with Crippen molar-refractivity contribution >= 4 is 6.09 Å². The van der Waals surface area contributed by atoms with Crippen LogP contribution in [-0.2, 0) is 0 Å². The van der Waals surface area contributed by atoms with Gasteiger partial charge >= 0.3 is 6.09 Å². The lowest BCUT2D eigenvalue weighted by Crippen LogP contribution is -2.46. The summed E-state index contributed by atoms with van der Waals surface area (Å²) in [6, 6.07) is -0.348. The van der Waals surface area contributed by atoms with Gasteiger partial charge in [0.1, 0.15) is 0 Å². The van der Waals surface area contributed by atoms with Crippen molar-refractivity contribution in [2.45, 2.75) is 38.8 Å². The van der Waals surface area contributed by atoms with Crippen LogP contribution in [0.15, 0.2) is 0 Å². The largest absolute Gasteiger partial charge is 0.465 e. The van der Waals surface area contributed by atoms with Gasteiger partial charge in [0.05, 0.1) is 6.61 Å². The fourth-order valence-electron chi connectivity index (χ4n) is 1.10. The molecule has 14 heavy (non-hydrogen) atoms. The highest BCUT2D eigenvalue weighted by atomic mass is 16.4. The van der Waals surface area contributed by atoms with Gasteiger partial charge < -0.3 is 20.8 Å². The van der Waals surface area contributed by atoms with Crippen LogP contribution >= 0.6 is 0 Å². The number of aliphatic hydroxyl groups excluding tert-OH is 1. The second kappa shape index (κ2) is 5.17. The standard InChI is InChI=1S/C9H20N2O3/c1-9(2,3)11(8(13)14)5-4-7(10)6-12/h7,12H,4-6,10H2,1-3H3,(H,13,14)/t7-/m0/s1. The van der Waals surface area contributed by atoms with Crippen molar-refractivity contribution in [1.82, 2.24) is 4.90 Å². The third kappa shape index (κ3) is 4.43. The number of carboxylic acid groups (broad SMARTS) is 1. The molecule has 5 heteroatoms. The first-order valence-electron chi connectivity index (χ1n) is 4.66. The summed E-state index contributed by atoms with van der Waals surface area (Å²) >= 11 is 0. The number of hydrogen-bond donors (Lipinski definition) is 3. The maximum atomic E-state index is 10.9. The number of nitrogens with two attached hydrogens (primary N) is 1. The Morgan fingerprint density at radius 1 is 1.50 bits per heavy atom. The molecule has 0 rings (SSSR count). The van der Waals surface area contributed by atoms with Crippen LogP contribution in [0.5, 0.6) is 0 Å². The maximum absolute atomic E-state index is 10.9. The zero-order chi connectivity index (χ0) is 11.4. The fourth-order valence-corrected chi connectivity index (χ4v) is 1.10. The third-order valence-corrected chi connectivity index (χ3v) is 2.00. The molecule has 0 aliphatic rings. The lowest BCUT2D eigenvalue weighted by atomic mass is 10.1. The molecule has 0 aliphatic heterocycles. The van der Waals surface area contributed by atoms with Crippen LogP contribution in [-0.4, -0.2) is 45.9 Å². The average Bonchev–Trinajstić information content (AvgIpc) is 2.01. The summed E-state index contributed by atoms with van der Waals surface area (Å²) in [5, 5.41) is 17.6. The third-order valence-electron chi connectivity index (χ3n) is 2.00. The molecule has 1 atom stereocenters. The molecule has 0 saturated carbocycles. The molecule has 0 aromatic rings. The minimum atomic E-state index is -0.956. The minimum Gasteiger partial charge on any atom is -0.465 e. The van der Waals surface area contributed by atoms with E-state index in [-0.39, 0.29) is 12.6 Å². The SMILES string of the molecule is CC(C)(C)N(CC[C@H](N)CO)C(=O)O. The van der Waals surface area contributed by atoms with Gasteiger partial charge in [-0.2, -0.15) is 0 Å². The van der Waals surface area contributed by atoms with Crippen molar-refractivity contribution < 1.29 is 15.0 Å². The Labute approximate surface area is 84.5 Å². The Morgan fingerprint density at radius 2 is 2.00 bits per heavy atom. The lowest BCUT2D eigenvalue weighted by Gasteiger charge is -2.33. The van der Waals surface area contributed by atoms with Crippen LogP contribution in [0.25, 0.3) is 0 Å². The summed E-state index contributed by atoms with van der Waals surface area (Å²) in [5.74, 6) is 0. The highest BCUT2D eigenvalue weighted by Gasteiger charge is 2.25. The number of amides is 1. The van der Waals surface area contributed by atoms with Crippen molar-refractivity contribution in [3.05, 3.63) is 0 Å². The van der Waals surface area contributed by atoms with Gasteiger partial charge in [-0.25, -0.2) is 4.79 Å². The molecule has 1 amide bonds. The van der Waals surface area contributed by atoms with E-state index in [0.29, 0.717) is 13.0 Å². The molecule has 0 aromatic carbocycles. The summed E-state index contributed by atoms with van der Waals surface area (Å²) in [6.45, 7) is 5.71. The van der Waals surface area contributed by atoms with Gasteiger partial charge in [0, 0.05) is 18.1 Å². The summed E-state index contributed by atoms with van der Waals surface area (Å²) < 4.78 is 0. The summed E-state index contributed by atoms with van der Waals surface area (Å²) in [7, 11) is 0. The predicted molar refractivity (Wildman–Crippen MR) is 54.2 cm³/mol. The molecular weight excluding hydrogens is 184 g/mol. The maximum Gasteiger partial charge on any atom is 0.407 e. The molecule has 84 valence electrons. The van der Waals surface area contributed by atoms with E-state index in [1.54, 1.807) is 0 Å². The van der Waals surface area contributed by atoms with E-state index in [2.05, 4.69) is 0 Å². The second-order valence-corrected chi connectivity index (χ2v) is 4.34. The first kappa shape index (κ1) is 13.2. The van der Waals surface area contributed by atoms with Crippen LogP contribution in [0.1, 0.15) is 27.2 Å². The normalized spacial score (nSPS) is 13.8. The van der Waals surface area contributed by atoms with Crippen molar-refractivity contribution in [3.8, 4) is 0 Å². The number of rotatable bonds is 4. The van der Waals surface area contributed by atoms with E-state index in [1.165, 1.54) is 4.90 Å². The number of hydrogen-bond acceptors (Lipinski definition) is 3. The molecule has 4 N–H and O–H groups in total. The number of aliphatic hydroxyl groups is 1. The van der Waals surface area contributed by atoms with E-state index in [1.807, 2.05) is 20.8 Å². The van der Waals surface area contributed by atoms with E-state index in [9.17, 15) is 4.79 Å². The number of nitrogens with zero attached hydrogens (tertiary/aromatic N) is 1. The fraction of sp³-hybridized carbons (Fsp3) is 0.889. The smallest absolute Gasteiger partial charge is 0.407 e. The molecule has 0 fully saturated rings. The molecule has 0 saturated heterocycles. The molecular formula is C9H20N2O3. The van der Waals surface area contributed by atoms with Crippen LogP contribution in [0.4, 0.5) is 4.79 Å². The molecule has 0 unspecified atom stereocenters. The van der Waals surface area contributed by atoms with Gasteiger partial charge in [-0.05, 0) is 27.2 Å². The first-order valence-corrected chi connectivity index (χ1v) is 4.66. The zero-order valence-corrected chi connectivity index (χ0v) is 9.03. The molecule has 0 heterocycles. The van der Waals surface area contributed by atoms with Crippen molar-refractivity contribution in [1.29, 1.82) is 0 Å². The van der Waals surface area contributed by atoms with Gasteiger partial charge in [0.25, 0.3) is 0 Å². The topological polar surface area (TPSA) is 86.8 Å². The zero-order valence-electron chi connectivity index (χ0n) is 9.03. The molecule has 0 spiro atoms. The Hall–Kier alpha value is -0.810. The number of carbonyl (C=O) groups is 1. The van der Waals surface area contributed by atoms with E-state index >= 15 is 0 Å².